The summed E-state index contributed by atoms with van der Waals surface area (Å²) in [7, 11) is 0. The van der Waals surface area contributed by atoms with Crippen LogP contribution in [0.1, 0.15) is 16.1 Å². The van der Waals surface area contributed by atoms with Crippen molar-refractivity contribution in [3.05, 3.63) is 59.6 Å². The third-order valence-electron chi connectivity index (χ3n) is 1.87. The highest BCUT2D eigenvalue weighted by Crippen LogP contribution is 2.13. The predicted molar refractivity (Wildman–Crippen MR) is 48.5 cm³/mol. The van der Waals surface area contributed by atoms with E-state index in [1.54, 1.807) is 0 Å². The Kier molecular flexibility index (Phi) is 2.33. The summed E-state index contributed by atoms with van der Waals surface area (Å²) in [6.07, 6.45) is 1.32. The zero-order valence-electron chi connectivity index (χ0n) is 7.54. The van der Waals surface area contributed by atoms with Gasteiger partial charge in [-0.25, -0.2) is 8.78 Å². The van der Waals surface area contributed by atoms with Gasteiger partial charge in [-0.05, 0) is 24.3 Å². The first kappa shape index (κ1) is 9.58. The van der Waals surface area contributed by atoms with Crippen LogP contribution in [0.15, 0.2) is 41.0 Å². The fraction of sp³-hybridized carbons (Fsp3) is 0. The van der Waals surface area contributed by atoms with Crippen molar-refractivity contribution < 1.29 is 18.0 Å². The van der Waals surface area contributed by atoms with Crippen molar-refractivity contribution in [2.24, 2.45) is 0 Å². The molecule has 1 heterocycles. The number of carbonyl (C=O) groups excluding carboxylic acids is 1. The zero-order chi connectivity index (χ0) is 10.8. The average Bonchev–Trinajstić information content (AvgIpc) is 2.67. The Bertz CT molecular complexity index is 469. The fourth-order valence-electron chi connectivity index (χ4n) is 1.23. The van der Waals surface area contributed by atoms with Crippen molar-refractivity contribution in [1.29, 1.82) is 0 Å². The Morgan fingerprint density at radius 1 is 1.13 bits per heavy atom. The number of rotatable bonds is 2. The number of hydrogen-bond donors (Lipinski definition) is 0. The second kappa shape index (κ2) is 3.65. The minimum absolute atomic E-state index is 0.0556. The summed E-state index contributed by atoms with van der Waals surface area (Å²) in [6.45, 7) is 0. The molecule has 1 aromatic carbocycles. The third-order valence-corrected chi connectivity index (χ3v) is 1.87. The van der Waals surface area contributed by atoms with Crippen LogP contribution in [0.5, 0.6) is 0 Å². The molecule has 2 rings (SSSR count). The summed E-state index contributed by atoms with van der Waals surface area (Å²) >= 11 is 0. The first-order valence-electron chi connectivity index (χ1n) is 4.21. The van der Waals surface area contributed by atoms with E-state index in [2.05, 4.69) is 0 Å². The highest BCUT2D eigenvalue weighted by atomic mass is 19.1. The Morgan fingerprint density at radius 2 is 1.80 bits per heavy atom. The Hall–Kier alpha value is -1.97. The quantitative estimate of drug-likeness (QED) is 0.710. The number of halogens is 2. The molecule has 0 saturated heterocycles. The van der Waals surface area contributed by atoms with Crippen molar-refractivity contribution in [3.63, 3.8) is 0 Å². The van der Waals surface area contributed by atoms with E-state index in [-0.39, 0.29) is 11.3 Å². The minimum Gasteiger partial charge on any atom is -0.461 e. The van der Waals surface area contributed by atoms with E-state index >= 15 is 0 Å². The third kappa shape index (κ3) is 1.93. The fourth-order valence-corrected chi connectivity index (χ4v) is 1.23. The molecule has 15 heavy (non-hydrogen) atoms. The predicted octanol–water partition coefficient (Wildman–Crippen LogP) is 2.79. The van der Waals surface area contributed by atoms with Crippen molar-refractivity contribution >= 4 is 5.78 Å². The highest BCUT2D eigenvalue weighted by Gasteiger charge is 2.13. The van der Waals surface area contributed by atoms with Gasteiger partial charge in [0.1, 0.15) is 11.6 Å². The normalized spacial score (nSPS) is 10.3. The van der Waals surface area contributed by atoms with E-state index in [0.717, 1.165) is 12.1 Å². The van der Waals surface area contributed by atoms with Crippen LogP contribution < -0.4 is 0 Å². The van der Waals surface area contributed by atoms with Gasteiger partial charge < -0.3 is 4.42 Å². The van der Waals surface area contributed by atoms with E-state index < -0.39 is 17.4 Å². The number of furan rings is 1. The molecule has 4 heteroatoms. The van der Waals surface area contributed by atoms with E-state index in [0.29, 0.717) is 6.07 Å². The van der Waals surface area contributed by atoms with Gasteiger partial charge in [-0.15, -0.1) is 0 Å². The standard InChI is InChI=1S/C11H6F2O2/c12-8-4-7(5-9(13)6-8)11(14)10-2-1-3-15-10/h1-6H. The smallest absolute Gasteiger partial charge is 0.228 e. The molecule has 0 amide bonds. The van der Waals surface area contributed by atoms with Gasteiger partial charge in [-0.2, -0.15) is 0 Å². The van der Waals surface area contributed by atoms with Gasteiger partial charge in [0, 0.05) is 11.6 Å². The molecule has 0 spiro atoms. The summed E-state index contributed by atoms with van der Waals surface area (Å²) in [5, 5.41) is 0. The molecule has 1 aromatic heterocycles. The van der Waals surface area contributed by atoms with Crippen LogP contribution in [0.2, 0.25) is 0 Å². The van der Waals surface area contributed by atoms with Crippen molar-refractivity contribution in [3.8, 4) is 0 Å². The maximum Gasteiger partial charge on any atom is 0.228 e. The van der Waals surface area contributed by atoms with Crippen molar-refractivity contribution in [2.45, 2.75) is 0 Å². The summed E-state index contributed by atoms with van der Waals surface area (Å²) in [5.74, 6) is -2.06. The molecule has 0 aliphatic rings. The molecular weight excluding hydrogens is 202 g/mol. The second-order valence-corrected chi connectivity index (χ2v) is 2.96. The Morgan fingerprint density at radius 3 is 2.33 bits per heavy atom. The first-order valence-corrected chi connectivity index (χ1v) is 4.21. The maximum absolute atomic E-state index is 12.8. The molecular formula is C11H6F2O2. The molecule has 0 fully saturated rings. The van der Waals surface area contributed by atoms with Crippen LogP contribution in [0.3, 0.4) is 0 Å². The van der Waals surface area contributed by atoms with Crippen LogP contribution >= 0.6 is 0 Å². The Labute approximate surface area is 84.1 Å². The van der Waals surface area contributed by atoms with Gasteiger partial charge in [0.2, 0.25) is 5.78 Å². The summed E-state index contributed by atoms with van der Waals surface area (Å²) in [4.78, 5) is 11.6. The van der Waals surface area contributed by atoms with E-state index in [9.17, 15) is 13.6 Å². The monoisotopic (exact) mass is 208 g/mol. The van der Waals surface area contributed by atoms with Crippen LogP contribution in [0.25, 0.3) is 0 Å². The molecule has 0 aliphatic carbocycles. The van der Waals surface area contributed by atoms with Gasteiger partial charge >= 0.3 is 0 Å². The van der Waals surface area contributed by atoms with Gasteiger partial charge in [-0.1, -0.05) is 0 Å². The Balaban J connectivity index is 2.42. The molecule has 0 saturated carbocycles. The van der Waals surface area contributed by atoms with Gasteiger partial charge in [0.15, 0.2) is 5.76 Å². The zero-order valence-corrected chi connectivity index (χ0v) is 7.54. The lowest BCUT2D eigenvalue weighted by Crippen LogP contribution is -2.00. The van der Waals surface area contributed by atoms with Crippen LogP contribution in [0, 0.1) is 11.6 Å². The second-order valence-electron chi connectivity index (χ2n) is 2.96. The molecule has 0 atom stereocenters. The van der Waals surface area contributed by atoms with E-state index in [1.807, 2.05) is 0 Å². The number of ketones is 1. The maximum atomic E-state index is 12.8. The molecule has 0 N–H and O–H groups in total. The topological polar surface area (TPSA) is 30.2 Å². The lowest BCUT2D eigenvalue weighted by atomic mass is 10.1. The molecule has 0 bridgehead atoms. The van der Waals surface area contributed by atoms with Gasteiger partial charge in [0.25, 0.3) is 0 Å². The molecule has 2 aromatic rings. The molecule has 76 valence electrons. The number of benzene rings is 1. The largest absolute Gasteiger partial charge is 0.461 e. The van der Waals surface area contributed by atoms with Gasteiger partial charge in [0.05, 0.1) is 6.26 Å². The summed E-state index contributed by atoms with van der Waals surface area (Å²) in [6, 6.07) is 5.61. The number of hydrogen-bond acceptors (Lipinski definition) is 2. The number of carbonyl (C=O) groups is 1. The first-order chi connectivity index (χ1) is 7.16. The molecule has 0 radical (unpaired) electrons. The van der Waals surface area contributed by atoms with Crippen molar-refractivity contribution in [1.82, 2.24) is 0 Å². The van der Waals surface area contributed by atoms with E-state index in [1.165, 1.54) is 18.4 Å². The molecule has 0 aliphatic heterocycles. The van der Waals surface area contributed by atoms with Crippen molar-refractivity contribution in [2.75, 3.05) is 0 Å². The summed E-state index contributed by atoms with van der Waals surface area (Å²) in [5.41, 5.74) is -0.0672. The lowest BCUT2D eigenvalue weighted by molar-refractivity contribution is 0.101. The molecule has 2 nitrogen and oxygen atoms in total. The SMILES string of the molecule is O=C(c1cc(F)cc(F)c1)c1ccco1. The van der Waals surface area contributed by atoms with Gasteiger partial charge in [-0.3, -0.25) is 4.79 Å². The van der Waals surface area contributed by atoms with Crippen LogP contribution in [-0.4, -0.2) is 5.78 Å². The van der Waals surface area contributed by atoms with Crippen LogP contribution in [0.4, 0.5) is 8.78 Å². The summed E-state index contributed by atoms with van der Waals surface area (Å²) < 4.78 is 30.4. The van der Waals surface area contributed by atoms with Crippen LogP contribution in [-0.2, 0) is 0 Å². The average molecular weight is 208 g/mol. The van der Waals surface area contributed by atoms with E-state index in [4.69, 9.17) is 4.42 Å². The minimum atomic E-state index is -0.787. The lowest BCUT2D eigenvalue weighted by Gasteiger charge is -1.98. The molecule has 0 unspecified atom stereocenters. The highest BCUT2D eigenvalue weighted by molar-refractivity contribution is 6.07.